The number of hydrogen-bond acceptors (Lipinski definition) is 5. The van der Waals surface area contributed by atoms with E-state index in [4.69, 9.17) is 9.47 Å². The highest BCUT2D eigenvalue weighted by atomic mass is 19.1. The topological polar surface area (TPSA) is 50.8 Å². The first-order valence-corrected chi connectivity index (χ1v) is 11.0. The minimum absolute atomic E-state index is 0.00216. The Hall–Kier alpha value is -1.82. The number of piperidine rings is 2. The first-order valence-electron chi connectivity index (χ1n) is 11.0. The van der Waals surface area contributed by atoms with Gasteiger partial charge in [-0.3, -0.25) is 0 Å². The van der Waals surface area contributed by atoms with E-state index in [1.807, 2.05) is 34.6 Å². The van der Waals surface area contributed by atoms with Crippen LogP contribution >= 0.6 is 0 Å². The smallest absolute Gasteiger partial charge is 0.340 e. The van der Waals surface area contributed by atoms with Crippen LogP contribution in [-0.4, -0.2) is 43.9 Å². The third-order valence-electron chi connectivity index (χ3n) is 4.95. The van der Waals surface area contributed by atoms with Crippen LogP contribution in [-0.2, 0) is 4.74 Å². The lowest BCUT2D eigenvalue weighted by Crippen LogP contribution is -2.35. The highest BCUT2D eigenvalue weighted by Gasteiger charge is 2.27. The number of carbonyl (C=O) groups excluding carboxylic acids is 1. The van der Waals surface area contributed by atoms with Gasteiger partial charge in [-0.1, -0.05) is 13.8 Å². The van der Waals surface area contributed by atoms with Gasteiger partial charge in [-0.15, -0.1) is 0 Å². The number of esters is 1. The molecule has 1 aromatic carbocycles. The summed E-state index contributed by atoms with van der Waals surface area (Å²) in [6.45, 7) is 12.9. The Bertz CT molecular complexity index is 661. The summed E-state index contributed by atoms with van der Waals surface area (Å²) in [7, 11) is 0. The van der Waals surface area contributed by atoms with Crippen molar-refractivity contribution in [1.82, 2.24) is 5.32 Å². The van der Waals surface area contributed by atoms with Gasteiger partial charge in [0.2, 0.25) is 0 Å². The third-order valence-corrected chi connectivity index (χ3v) is 4.95. The molecule has 2 aliphatic heterocycles. The SMILES string of the molecule is CC.CC(C)(C)OC(=O)c1cc(F)c(OC2CCNCC2)cc1N1CCCCC1. The van der Waals surface area contributed by atoms with Crippen molar-refractivity contribution in [2.45, 2.75) is 78.4 Å². The maximum Gasteiger partial charge on any atom is 0.340 e. The molecule has 0 aliphatic carbocycles. The van der Waals surface area contributed by atoms with Crippen LogP contribution < -0.4 is 15.0 Å². The fraction of sp³-hybridized carbons (Fsp3) is 0.696. The van der Waals surface area contributed by atoms with Crippen LogP contribution in [0, 0.1) is 5.82 Å². The lowest BCUT2D eigenvalue weighted by Gasteiger charge is -2.32. The van der Waals surface area contributed by atoms with Crippen molar-refractivity contribution in [3.05, 3.63) is 23.5 Å². The Morgan fingerprint density at radius 2 is 1.72 bits per heavy atom. The molecule has 3 rings (SSSR count). The van der Waals surface area contributed by atoms with Crippen LogP contribution in [0.2, 0.25) is 0 Å². The molecule has 1 N–H and O–H groups in total. The molecule has 0 atom stereocenters. The highest BCUT2D eigenvalue weighted by Crippen LogP contribution is 2.33. The quantitative estimate of drug-likeness (QED) is 0.716. The molecule has 0 radical (unpaired) electrons. The molecule has 29 heavy (non-hydrogen) atoms. The van der Waals surface area contributed by atoms with E-state index in [9.17, 15) is 9.18 Å². The normalized spacial score (nSPS) is 17.9. The fourth-order valence-electron chi connectivity index (χ4n) is 3.62. The lowest BCUT2D eigenvalue weighted by atomic mass is 10.1. The molecule has 0 spiro atoms. The maximum absolute atomic E-state index is 14.8. The number of nitrogens with one attached hydrogen (secondary N) is 1. The van der Waals surface area contributed by atoms with Gasteiger partial charge in [-0.2, -0.15) is 0 Å². The van der Waals surface area contributed by atoms with Crippen LogP contribution in [0.1, 0.15) is 77.1 Å². The monoisotopic (exact) mass is 408 g/mol. The molecule has 2 aliphatic rings. The minimum Gasteiger partial charge on any atom is -0.487 e. The van der Waals surface area contributed by atoms with E-state index in [-0.39, 0.29) is 17.4 Å². The molecule has 0 aromatic heterocycles. The van der Waals surface area contributed by atoms with Gasteiger partial charge in [0.25, 0.3) is 0 Å². The summed E-state index contributed by atoms with van der Waals surface area (Å²) < 4.78 is 26.3. The van der Waals surface area contributed by atoms with Crippen LogP contribution in [0.5, 0.6) is 5.75 Å². The Balaban J connectivity index is 0.00000145. The van der Waals surface area contributed by atoms with Crippen molar-refractivity contribution in [3.8, 4) is 5.75 Å². The summed E-state index contributed by atoms with van der Waals surface area (Å²) in [5.41, 5.74) is 0.369. The van der Waals surface area contributed by atoms with E-state index < -0.39 is 17.4 Å². The summed E-state index contributed by atoms with van der Waals surface area (Å²) in [4.78, 5) is 14.9. The van der Waals surface area contributed by atoms with Gasteiger partial charge >= 0.3 is 5.97 Å². The average Bonchev–Trinajstić information content (AvgIpc) is 2.71. The molecular weight excluding hydrogens is 371 g/mol. The van der Waals surface area contributed by atoms with E-state index in [1.54, 1.807) is 6.07 Å². The van der Waals surface area contributed by atoms with E-state index in [2.05, 4.69) is 10.2 Å². The van der Waals surface area contributed by atoms with E-state index in [1.165, 1.54) is 12.5 Å². The van der Waals surface area contributed by atoms with Crippen molar-refractivity contribution in [2.24, 2.45) is 0 Å². The van der Waals surface area contributed by atoms with Gasteiger partial charge in [-0.05, 0) is 72.0 Å². The van der Waals surface area contributed by atoms with Crippen molar-refractivity contribution in [3.63, 3.8) is 0 Å². The van der Waals surface area contributed by atoms with Gasteiger partial charge in [-0.25, -0.2) is 9.18 Å². The molecule has 2 heterocycles. The second-order valence-electron chi connectivity index (χ2n) is 8.42. The Labute approximate surface area is 174 Å². The number of anilines is 1. The standard InChI is InChI=1S/C21H31FN2O3.C2H6/c1-21(2,3)27-20(25)16-13-17(22)19(26-15-7-9-23-10-8-15)14-18(16)24-11-5-4-6-12-24;1-2/h13-15,23H,4-12H2,1-3H3;1-2H3. The number of benzene rings is 1. The lowest BCUT2D eigenvalue weighted by molar-refractivity contribution is 0.00696. The van der Waals surface area contributed by atoms with Crippen LogP contribution in [0.4, 0.5) is 10.1 Å². The number of nitrogens with zero attached hydrogens (tertiary/aromatic N) is 1. The predicted octanol–water partition coefficient (Wildman–Crippen LogP) is 4.93. The Kier molecular flexibility index (Phi) is 8.75. The van der Waals surface area contributed by atoms with E-state index >= 15 is 0 Å². The number of halogens is 1. The number of rotatable bonds is 4. The minimum atomic E-state index is -0.628. The van der Waals surface area contributed by atoms with E-state index in [0.29, 0.717) is 5.69 Å². The summed E-state index contributed by atoms with van der Waals surface area (Å²) >= 11 is 0. The van der Waals surface area contributed by atoms with Gasteiger partial charge < -0.3 is 19.7 Å². The molecule has 5 nitrogen and oxygen atoms in total. The molecule has 0 amide bonds. The van der Waals surface area contributed by atoms with Gasteiger partial charge in [0.05, 0.1) is 11.3 Å². The van der Waals surface area contributed by atoms with Crippen LogP contribution in [0.3, 0.4) is 0 Å². The molecule has 0 bridgehead atoms. The zero-order chi connectivity index (χ0) is 21.4. The molecule has 1 aromatic rings. The van der Waals surface area contributed by atoms with Gasteiger partial charge in [0.15, 0.2) is 11.6 Å². The second-order valence-corrected chi connectivity index (χ2v) is 8.42. The molecule has 2 saturated heterocycles. The molecule has 164 valence electrons. The first-order chi connectivity index (χ1) is 13.8. The molecule has 0 unspecified atom stereocenters. The van der Waals surface area contributed by atoms with Crippen LogP contribution in [0.25, 0.3) is 0 Å². The van der Waals surface area contributed by atoms with Gasteiger partial charge in [0.1, 0.15) is 11.7 Å². The number of hydrogen-bond donors (Lipinski definition) is 1. The largest absolute Gasteiger partial charge is 0.487 e. The Morgan fingerprint density at radius 3 is 2.31 bits per heavy atom. The summed E-state index contributed by atoms with van der Waals surface area (Å²) in [6, 6.07) is 2.98. The molecule has 2 fully saturated rings. The molecule has 0 saturated carbocycles. The zero-order valence-electron chi connectivity index (χ0n) is 18.6. The first kappa shape index (κ1) is 23.5. The fourth-order valence-corrected chi connectivity index (χ4v) is 3.62. The summed E-state index contributed by atoms with van der Waals surface area (Å²) in [5.74, 6) is -0.764. The van der Waals surface area contributed by atoms with Crippen molar-refractivity contribution >= 4 is 11.7 Å². The highest BCUT2D eigenvalue weighted by molar-refractivity contribution is 5.96. The molecule has 6 heteroatoms. The van der Waals surface area contributed by atoms with Crippen molar-refractivity contribution in [2.75, 3.05) is 31.1 Å². The Morgan fingerprint density at radius 1 is 1.10 bits per heavy atom. The number of ether oxygens (including phenoxy) is 2. The second kappa shape index (κ2) is 10.8. The predicted molar refractivity (Wildman–Crippen MR) is 116 cm³/mol. The van der Waals surface area contributed by atoms with Gasteiger partial charge in [0, 0.05) is 19.2 Å². The summed E-state index contributed by atoms with van der Waals surface area (Å²) in [5, 5.41) is 3.28. The average molecular weight is 409 g/mol. The zero-order valence-corrected chi connectivity index (χ0v) is 18.6. The van der Waals surface area contributed by atoms with Crippen molar-refractivity contribution in [1.29, 1.82) is 0 Å². The van der Waals surface area contributed by atoms with Crippen LogP contribution in [0.15, 0.2) is 12.1 Å². The number of carbonyl (C=O) groups is 1. The summed E-state index contributed by atoms with van der Waals surface area (Å²) in [6.07, 6.45) is 5.02. The van der Waals surface area contributed by atoms with E-state index in [0.717, 1.165) is 51.9 Å². The van der Waals surface area contributed by atoms with Crippen molar-refractivity contribution < 1.29 is 18.7 Å². The third kappa shape index (κ3) is 6.88. The maximum atomic E-state index is 14.8. The molecular formula is C23H37FN2O3.